The van der Waals surface area contributed by atoms with E-state index >= 15 is 0 Å². The Morgan fingerprint density at radius 1 is 0.405 bits per heavy atom. The molecule has 0 fully saturated rings. The summed E-state index contributed by atoms with van der Waals surface area (Å²) in [5.41, 5.74) is 21.7. The van der Waals surface area contributed by atoms with Gasteiger partial charge in [0.15, 0.2) is 0 Å². The molecule has 0 saturated carbocycles. The van der Waals surface area contributed by atoms with Gasteiger partial charge in [0.25, 0.3) is 0 Å². The highest BCUT2D eigenvalue weighted by Crippen LogP contribution is 2.43. The first-order chi connectivity index (χ1) is 20.6. The van der Waals surface area contributed by atoms with Crippen LogP contribution in [-0.4, -0.2) is 0 Å². The van der Waals surface area contributed by atoms with Crippen LogP contribution in [0.25, 0.3) is 88.1 Å². The summed E-state index contributed by atoms with van der Waals surface area (Å²) >= 11 is 0. The largest absolute Gasteiger partial charge is 0.456 e. The zero-order valence-electron chi connectivity index (χ0n) is 22.4. The lowest BCUT2D eigenvalue weighted by Crippen LogP contribution is -2.19. The molecule has 5 nitrogen and oxygen atoms in total. The van der Waals surface area contributed by atoms with Crippen molar-refractivity contribution < 1.29 is 13.3 Å². The van der Waals surface area contributed by atoms with Crippen LogP contribution in [0.1, 0.15) is 11.7 Å². The number of rotatable bonds is 3. The fourth-order valence-electron chi connectivity index (χ4n) is 6.39. The molecule has 3 heterocycles. The molecule has 0 atom stereocenters. The van der Waals surface area contributed by atoms with Gasteiger partial charge in [-0.15, -0.1) is 0 Å². The van der Waals surface area contributed by atoms with Crippen molar-refractivity contribution in [2.75, 3.05) is 0 Å². The van der Waals surface area contributed by atoms with Gasteiger partial charge in [-0.25, -0.2) is 0 Å². The van der Waals surface area contributed by atoms with E-state index in [0.29, 0.717) is 0 Å². The van der Waals surface area contributed by atoms with Gasteiger partial charge in [0.05, 0.1) is 6.17 Å². The van der Waals surface area contributed by atoms with Crippen molar-refractivity contribution in [2.24, 2.45) is 11.5 Å². The van der Waals surface area contributed by atoms with E-state index in [0.717, 1.165) is 93.6 Å². The van der Waals surface area contributed by atoms with Gasteiger partial charge in [-0.1, -0.05) is 91.0 Å². The second-order valence-electron chi connectivity index (χ2n) is 10.8. The molecule has 42 heavy (non-hydrogen) atoms. The van der Waals surface area contributed by atoms with E-state index < -0.39 is 6.17 Å². The molecular weight excluding hydrogens is 520 g/mol. The predicted octanol–water partition coefficient (Wildman–Crippen LogP) is 9.63. The number of hydrogen-bond acceptors (Lipinski definition) is 5. The second-order valence-corrected chi connectivity index (χ2v) is 10.8. The quantitative estimate of drug-likeness (QED) is 0.216. The van der Waals surface area contributed by atoms with Crippen LogP contribution in [0.2, 0.25) is 0 Å². The third-order valence-electron chi connectivity index (χ3n) is 8.41. The smallest absolute Gasteiger partial charge is 0.143 e. The van der Waals surface area contributed by atoms with Gasteiger partial charge in [-0.2, -0.15) is 0 Å². The second kappa shape index (κ2) is 8.57. The van der Waals surface area contributed by atoms with E-state index in [1.165, 1.54) is 0 Å². The van der Waals surface area contributed by atoms with Gasteiger partial charge in [0.2, 0.25) is 0 Å². The molecular formula is C37H24N2O3. The summed E-state index contributed by atoms with van der Waals surface area (Å²) in [6.07, 6.45) is -0.549. The number of para-hydroxylation sites is 4. The minimum absolute atomic E-state index is 0.549. The summed E-state index contributed by atoms with van der Waals surface area (Å²) in [4.78, 5) is 0. The Kier molecular flexibility index (Phi) is 4.77. The van der Waals surface area contributed by atoms with Crippen LogP contribution in [0.15, 0.2) is 129 Å². The topological polar surface area (TPSA) is 91.5 Å². The molecule has 200 valence electrons. The van der Waals surface area contributed by atoms with Gasteiger partial charge in [0.1, 0.15) is 33.5 Å². The number of nitrogens with two attached hydrogens (primary N) is 2. The Morgan fingerprint density at radius 3 is 1.76 bits per heavy atom. The van der Waals surface area contributed by atoms with Gasteiger partial charge in [0, 0.05) is 49.0 Å². The molecule has 0 aliphatic rings. The summed E-state index contributed by atoms with van der Waals surface area (Å²) in [6, 6.07) is 39.3. The SMILES string of the molecule is NC(N)c1ccc2c(c1)oc1ccc(-c3cccc4c3oc3c(-c5cccc6c5oc5ccccc56)cccc34)cc12. The Labute approximate surface area is 239 Å². The minimum atomic E-state index is -0.549. The first kappa shape index (κ1) is 23.4. The average Bonchev–Trinajstić information content (AvgIpc) is 3.71. The Morgan fingerprint density at radius 2 is 1.00 bits per heavy atom. The van der Waals surface area contributed by atoms with Crippen molar-refractivity contribution in [2.45, 2.75) is 6.17 Å². The van der Waals surface area contributed by atoms with Gasteiger partial charge >= 0.3 is 0 Å². The highest BCUT2D eigenvalue weighted by atomic mass is 16.3. The average molecular weight is 545 g/mol. The van der Waals surface area contributed by atoms with Crippen molar-refractivity contribution in [3.63, 3.8) is 0 Å². The molecule has 0 bridgehead atoms. The lowest BCUT2D eigenvalue weighted by atomic mass is 9.98. The van der Waals surface area contributed by atoms with Crippen LogP contribution in [0.5, 0.6) is 0 Å². The summed E-state index contributed by atoms with van der Waals surface area (Å²) in [5, 5.41) is 6.40. The summed E-state index contributed by atoms with van der Waals surface area (Å²) in [5.74, 6) is 0. The fraction of sp³-hybridized carbons (Fsp3) is 0.0270. The van der Waals surface area contributed by atoms with E-state index in [2.05, 4.69) is 72.8 Å². The predicted molar refractivity (Wildman–Crippen MR) is 170 cm³/mol. The number of furan rings is 3. The van der Waals surface area contributed by atoms with E-state index in [9.17, 15) is 0 Å². The van der Waals surface area contributed by atoms with Crippen molar-refractivity contribution in [3.05, 3.63) is 121 Å². The van der Waals surface area contributed by atoms with Crippen molar-refractivity contribution in [1.82, 2.24) is 0 Å². The van der Waals surface area contributed by atoms with E-state index in [4.69, 9.17) is 24.7 Å². The highest BCUT2D eigenvalue weighted by molar-refractivity contribution is 6.17. The standard InChI is InChI=1S/C37H24N2O3/c38-37(39)21-14-16-24-30-18-20(15-17-32(30)40-33(24)19-21)22-7-3-9-26-28-11-5-12-29(36(28)42-34(22)26)27-10-4-8-25-23-6-1-2-13-31(23)41-35(25)27/h1-19,37H,38-39H2. The molecule has 0 unspecified atom stereocenters. The monoisotopic (exact) mass is 544 g/mol. The maximum absolute atomic E-state index is 6.78. The molecule has 0 radical (unpaired) electrons. The molecule has 5 heteroatoms. The Balaban J connectivity index is 1.26. The summed E-state index contributed by atoms with van der Waals surface area (Å²) in [6.45, 7) is 0. The molecule has 3 aromatic heterocycles. The fourth-order valence-corrected chi connectivity index (χ4v) is 6.39. The zero-order valence-corrected chi connectivity index (χ0v) is 22.4. The van der Waals surface area contributed by atoms with Crippen LogP contribution >= 0.6 is 0 Å². The highest BCUT2D eigenvalue weighted by Gasteiger charge is 2.19. The van der Waals surface area contributed by atoms with E-state index in [1.54, 1.807) is 0 Å². The maximum Gasteiger partial charge on any atom is 0.143 e. The molecule has 0 aliphatic heterocycles. The zero-order chi connectivity index (χ0) is 27.9. The van der Waals surface area contributed by atoms with Crippen LogP contribution in [0.3, 0.4) is 0 Å². The van der Waals surface area contributed by atoms with Crippen LogP contribution in [0.4, 0.5) is 0 Å². The number of benzene rings is 6. The maximum atomic E-state index is 6.78. The third kappa shape index (κ3) is 3.26. The van der Waals surface area contributed by atoms with Crippen molar-refractivity contribution in [1.29, 1.82) is 0 Å². The van der Waals surface area contributed by atoms with E-state index in [1.807, 2.05) is 42.5 Å². The molecule has 0 amide bonds. The first-order valence-corrected chi connectivity index (χ1v) is 14.0. The normalized spacial score (nSPS) is 12.3. The van der Waals surface area contributed by atoms with Crippen molar-refractivity contribution in [3.8, 4) is 22.3 Å². The molecule has 4 N–H and O–H groups in total. The minimum Gasteiger partial charge on any atom is -0.456 e. The molecule has 9 rings (SSSR count). The Bertz CT molecular complexity index is 2510. The molecule has 0 saturated heterocycles. The number of hydrogen-bond donors (Lipinski definition) is 2. The van der Waals surface area contributed by atoms with Gasteiger partial charge in [-0.3, -0.25) is 0 Å². The van der Waals surface area contributed by atoms with Crippen molar-refractivity contribution >= 4 is 65.8 Å². The van der Waals surface area contributed by atoms with Gasteiger partial charge < -0.3 is 24.7 Å². The summed E-state index contributed by atoms with van der Waals surface area (Å²) < 4.78 is 19.3. The van der Waals surface area contributed by atoms with Crippen LogP contribution in [0, 0.1) is 0 Å². The third-order valence-corrected chi connectivity index (χ3v) is 8.41. The van der Waals surface area contributed by atoms with Crippen LogP contribution in [-0.2, 0) is 0 Å². The lowest BCUT2D eigenvalue weighted by molar-refractivity contribution is 0.665. The molecule has 6 aromatic carbocycles. The number of fused-ring (bicyclic) bond motifs is 9. The van der Waals surface area contributed by atoms with Gasteiger partial charge in [-0.05, 0) is 35.4 Å². The molecule has 0 aliphatic carbocycles. The molecule has 9 aromatic rings. The summed E-state index contributed by atoms with van der Waals surface area (Å²) in [7, 11) is 0. The first-order valence-electron chi connectivity index (χ1n) is 14.0. The molecule has 0 spiro atoms. The van der Waals surface area contributed by atoms with E-state index in [-0.39, 0.29) is 0 Å². The Hall–Kier alpha value is -5.36. The lowest BCUT2D eigenvalue weighted by Gasteiger charge is -2.04. The van der Waals surface area contributed by atoms with Crippen LogP contribution < -0.4 is 11.5 Å².